The average molecular weight is 435 g/mol. The summed E-state index contributed by atoms with van der Waals surface area (Å²) in [4.78, 5) is 17.2. The van der Waals surface area contributed by atoms with Gasteiger partial charge in [0.05, 0.1) is 0 Å². The Balaban J connectivity index is 1.85. The maximum atomic E-state index is 4.31. The van der Waals surface area contributed by atoms with Crippen LogP contribution in [0.5, 0.6) is 0 Å². The number of nitrogens with zero attached hydrogens (tertiary/aromatic N) is 4. The fourth-order valence-electron chi connectivity index (χ4n) is 4.23. The van der Waals surface area contributed by atoms with Gasteiger partial charge in [0.25, 0.3) is 0 Å². The third-order valence-electron chi connectivity index (χ3n) is 5.38. The SMILES string of the molecule is C1=[C](c2cncnc2)[Ge]([c]2ccccc2)([c]2ccccc2)[C](c2cncnc2)=C1. The fourth-order valence-corrected chi connectivity index (χ4v) is 14.8. The van der Waals surface area contributed by atoms with Crippen molar-refractivity contribution in [1.29, 1.82) is 0 Å². The van der Waals surface area contributed by atoms with E-state index >= 15 is 0 Å². The van der Waals surface area contributed by atoms with E-state index in [0.717, 1.165) is 11.1 Å². The molecule has 0 unspecified atom stereocenters. The van der Waals surface area contributed by atoms with Gasteiger partial charge in [0.2, 0.25) is 0 Å². The van der Waals surface area contributed by atoms with E-state index in [9.17, 15) is 0 Å². The summed E-state index contributed by atoms with van der Waals surface area (Å²) in [6, 6.07) is 21.7. The summed E-state index contributed by atoms with van der Waals surface area (Å²) in [6.45, 7) is 0. The number of hydrogen-bond acceptors (Lipinski definition) is 4. The van der Waals surface area contributed by atoms with Gasteiger partial charge < -0.3 is 0 Å². The first-order valence-electron chi connectivity index (χ1n) is 9.45. The molecule has 0 aliphatic carbocycles. The second-order valence-corrected chi connectivity index (χ2v) is 14.7. The van der Waals surface area contributed by atoms with Crippen molar-refractivity contribution in [3.8, 4) is 0 Å². The molecule has 0 saturated heterocycles. The van der Waals surface area contributed by atoms with Gasteiger partial charge in [-0.2, -0.15) is 0 Å². The standard InChI is InChI=1S/C24H18GeN4/c1-3-7-21(8-4-1)25(22-9-5-2-6-10-22)23(19-13-26-17-27-14-19)11-12-24(25)20-15-28-18-29-16-20/h1-18H. The van der Waals surface area contributed by atoms with Gasteiger partial charge in [0.15, 0.2) is 0 Å². The first-order valence-corrected chi connectivity index (χ1v) is 13.6. The Morgan fingerprint density at radius 2 is 0.862 bits per heavy atom. The van der Waals surface area contributed by atoms with E-state index in [1.54, 1.807) is 12.7 Å². The Labute approximate surface area is 172 Å². The van der Waals surface area contributed by atoms with E-state index in [0.29, 0.717) is 0 Å². The summed E-state index contributed by atoms with van der Waals surface area (Å²) < 4.78 is 5.37. The van der Waals surface area contributed by atoms with Gasteiger partial charge in [-0.1, -0.05) is 0 Å². The Morgan fingerprint density at radius 1 is 0.483 bits per heavy atom. The van der Waals surface area contributed by atoms with Crippen LogP contribution in [0.15, 0.2) is 110 Å². The van der Waals surface area contributed by atoms with Crippen molar-refractivity contribution in [2.45, 2.75) is 0 Å². The zero-order valence-electron chi connectivity index (χ0n) is 15.7. The minimum atomic E-state index is -3.28. The normalized spacial score (nSPS) is 14.9. The molecule has 0 atom stereocenters. The molecule has 0 bridgehead atoms. The van der Waals surface area contributed by atoms with Crippen LogP contribution in [0.2, 0.25) is 0 Å². The Kier molecular flexibility index (Phi) is 4.62. The minimum absolute atomic E-state index is 1.07. The van der Waals surface area contributed by atoms with E-state index in [1.165, 1.54) is 17.6 Å². The molecule has 2 aromatic heterocycles. The topological polar surface area (TPSA) is 51.6 Å². The number of benzene rings is 2. The number of aromatic nitrogens is 4. The van der Waals surface area contributed by atoms with Crippen LogP contribution >= 0.6 is 0 Å². The summed E-state index contributed by atoms with van der Waals surface area (Å²) in [5.74, 6) is 0. The molecule has 29 heavy (non-hydrogen) atoms. The molecule has 1 aliphatic heterocycles. The van der Waals surface area contributed by atoms with Crippen molar-refractivity contribution in [3.05, 3.63) is 121 Å². The van der Waals surface area contributed by atoms with Crippen molar-refractivity contribution < 1.29 is 0 Å². The number of hydrogen-bond donors (Lipinski definition) is 0. The molecule has 0 fully saturated rings. The Bertz CT molecular complexity index is 1080. The number of rotatable bonds is 4. The Morgan fingerprint density at radius 3 is 1.24 bits per heavy atom. The molecule has 0 radical (unpaired) electrons. The molecule has 0 amide bonds. The van der Waals surface area contributed by atoms with Crippen molar-refractivity contribution in [2.24, 2.45) is 0 Å². The summed E-state index contributed by atoms with van der Waals surface area (Å²) in [6.07, 6.45) is 15.3. The first kappa shape index (κ1) is 17.7. The van der Waals surface area contributed by atoms with Crippen LogP contribution in [0.4, 0.5) is 0 Å². The van der Waals surface area contributed by atoms with E-state index < -0.39 is 13.3 Å². The summed E-state index contributed by atoms with van der Waals surface area (Å²) >= 11 is -3.28. The van der Waals surface area contributed by atoms with Crippen LogP contribution < -0.4 is 8.79 Å². The molecule has 138 valence electrons. The van der Waals surface area contributed by atoms with E-state index in [2.05, 4.69) is 92.8 Å². The molecule has 4 nitrogen and oxygen atoms in total. The molecule has 0 saturated carbocycles. The summed E-state index contributed by atoms with van der Waals surface area (Å²) in [7, 11) is 0. The molecule has 2 aromatic carbocycles. The molecule has 0 N–H and O–H groups in total. The zero-order valence-corrected chi connectivity index (χ0v) is 17.8. The van der Waals surface area contributed by atoms with Crippen LogP contribution in [0.1, 0.15) is 11.1 Å². The van der Waals surface area contributed by atoms with Gasteiger partial charge in [-0.05, 0) is 0 Å². The molecule has 4 aromatic rings. The van der Waals surface area contributed by atoms with Crippen LogP contribution in [-0.2, 0) is 0 Å². The predicted octanol–water partition coefficient (Wildman–Crippen LogP) is 3.09. The van der Waals surface area contributed by atoms with Gasteiger partial charge in [0, 0.05) is 0 Å². The average Bonchev–Trinajstić information content (AvgIpc) is 3.23. The summed E-state index contributed by atoms with van der Waals surface area (Å²) in [5.41, 5.74) is 2.15. The van der Waals surface area contributed by atoms with Gasteiger partial charge in [-0.25, -0.2) is 0 Å². The van der Waals surface area contributed by atoms with Crippen molar-refractivity contribution in [1.82, 2.24) is 19.9 Å². The zero-order chi connectivity index (χ0) is 19.5. The predicted molar refractivity (Wildman–Crippen MR) is 118 cm³/mol. The maximum absolute atomic E-state index is 4.31. The molecule has 5 heteroatoms. The molecular formula is C24H18GeN4. The van der Waals surface area contributed by atoms with Crippen molar-refractivity contribution in [2.75, 3.05) is 0 Å². The summed E-state index contributed by atoms with van der Waals surface area (Å²) in [5, 5.41) is 0. The van der Waals surface area contributed by atoms with Gasteiger partial charge in [-0.3, -0.25) is 0 Å². The van der Waals surface area contributed by atoms with E-state index in [4.69, 9.17) is 0 Å². The second kappa shape index (κ2) is 7.56. The van der Waals surface area contributed by atoms with E-state index in [1.807, 2.05) is 24.8 Å². The van der Waals surface area contributed by atoms with Crippen LogP contribution in [0.25, 0.3) is 8.81 Å². The molecule has 3 heterocycles. The molecule has 5 rings (SSSR count). The molecular weight excluding hydrogens is 417 g/mol. The van der Waals surface area contributed by atoms with Crippen LogP contribution in [-0.4, -0.2) is 33.2 Å². The van der Waals surface area contributed by atoms with Crippen LogP contribution in [0.3, 0.4) is 0 Å². The monoisotopic (exact) mass is 436 g/mol. The Hall–Kier alpha value is -3.38. The number of allylic oxidation sites excluding steroid dienone is 2. The third-order valence-corrected chi connectivity index (χ3v) is 15.7. The second-order valence-electron chi connectivity index (χ2n) is 6.90. The van der Waals surface area contributed by atoms with Crippen molar-refractivity contribution >= 4 is 30.9 Å². The van der Waals surface area contributed by atoms with Crippen molar-refractivity contribution in [3.63, 3.8) is 0 Å². The van der Waals surface area contributed by atoms with Gasteiger partial charge in [-0.15, -0.1) is 0 Å². The van der Waals surface area contributed by atoms with Gasteiger partial charge >= 0.3 is 172 Å². The van der Waals surface area contributed by atoms with Crippen LogP contribution in [0, 0.1) is 0 Å². The first-order chi connectivity index (χ1) is 14.4. The molecule has 1 aliphatic rings. The fraction of sp³-hybridized carbons (Fsp3) is 0. The third kappa shape index (κ3) is 2.93. The quantitative estimate of drug-likeness (QED) is 0.463. The molecule has 0 spiro atoms. The van der Waals surface area contributed by atoms with Gasteiger partial charge in [0.1, 0.15) is 0 Å². The van der Waals surface area contributed by atoms with E-state index in [-0.39, 0.29) is 0 Å².